The van der Waals surface area contributed by atoms with E-state index in [0.717, 1.165) is 0 Å². The van der Waals surface area contributed by atoms with Crippen molar-refractivity contribution in [2.45, 2.75) is 200 Å². The van der Waals surface area contributed by atoms with Crippen LogP contribution in [0.25, 0.3) is 0 Å². The minimum atomic E-state index is -1.73. The standard InChI is InChI=1S/C21H34Cl3N3O6.2C18H29N3O5/c1-12(2)14(10-16(28)33-20(4,5)6)17(29)25-13(3)18(30)27-9-7-8-15(26-27)19(31)32-11-21(22,23)24;2*1-5-7-13(22)10-14(11(2)3)16(23)19-12(4)17(24)21-9-6-8-15(20-21)18(25)26/h12-15,26H,7-11H2,1-6H3,(H,25,29);5,7,11-12,14-15,20H,6,8-10H2,1-4H3,(H,19,23)(H,25,26);5,11-12,14-15,20H,1,6-10H2,2-4H3,(H,19,23)(H,25,26)/b;7-5+;/t13-,14-,15-;2*12-,14-,15-/m000/s1. The fourth-order valence-electron chi connectivity index (χ4n) is 8.88. The van der Waals surface area contributed by atoms with E-state index in [1.165, 1.54) is 34.1 Å². The summed E-state index contributed by atoms with van der Waals surface area (Å²) in [5.41, 5.74) is 7.50. The number of halogens is 3. The largest absolute Gasteiger partial charge is 0.480 e. The molecule has 0 aromatic carbocycles. The third-order valence-corrected chi connectivity index (χ3v) is 14.0. The first-order chi connectivity index (χ1) is 39.3. The molecule has 85 heavy (non-hydrogen) atoms. The Balaban J connectivity index is 0.000000644. The summed E-state index contributed by atoms with van der Waals surface area (Å²) in [6.07, 6.45) is 7.87. The highest BCUT2D eigenvalue weighted by atomic mass is 35.6. The van der Waals surface area contributed by atoms with Gasteiger partial charge in [-0.05, 0) is 111 Å². The normalized spacial score (nSPS) is 19.5. The van der Waals surface area contributed by atoms with E-state index in [-0.39, 0.29) is 66.8 Å². The van der Waals surface area contributed by atoms with Crippen LogP contribution in [-0.4, -0.2) is 168 Å². The van der Waals surface area contributed by atoms with E-state index in [9.17, 15) is 57.5 Å². The number of allylic oxidation sites excluding steroid dienone is 3. The molecule has 0 unspecified atom stereocenters. The Labute approximate surface area is 514 Å². The van der Waals surface area contributed by atoms with Gasteiger partial charge in [-0.15, -0.1) is 6.58 Å². The van der Waals surface area contributed by atoms with Gasteiger partial charge >= 0.3 is 23.9 Å². The molecule has 0 bridgehead atoms. The van der Waals surface area contributed by atoms with Crippen LogP contribution in [0.2, 0.25) is 0 Å². The second-order valence-electron chi connectivity index (χ2n) is 23.3. The molecule has 8 N–H and O–H groups in total. The molecule has 6 amide bonds. The van der Waals surface area contributed by atoms with Crippen molar-refractivity contribution >= 4 is 106 Å². The predicted octanol–water partition coefficient (Wildman–Crippen LogP) is 4.66. The Morgan fingerprint density at radius 1 is 0.588 bits per heavy atom. The van der Waals surface area contributed by atoms with E-state index in [1.807, 2.05) is 41.5 Å². The van der Waals surface area contributed by atoms with Crippen molar-refractivity contribution in [1.82, 2.24) is 47.3 Å². The van der Waals surface area contributed by atoms with Crippen LogP contribution in [0.4, 0.5) is 0 Å². The molecule has 3 aliphatic heterocycles. The summed E-state index contributed by atoms with van der Waals surface area (Å²) in [4.78, 5) is 146. The summed E-state index contributed by atoms with van der Waals surface area (Å²) in [7, 11) is 0. The Bertz CT molecular complexity index is 2360. The summed E-state index contributed by atoms with van der Waals surface area (Å²) in [5, 5.41) is 29.9. The van der Waals surface area contributed by atoms with Crippen LogP contribution >= 0.6 is 34.8 Å². The summed E-state index contributed by atoms with van der Waals surface area (Å²) in [6, 6.07) is -4.93. The smallest absolute Gasteiger partial charge is 0.325 e. The van der Waals surface area contributed by atoms with Gasteiger partial charge in [0, 0.05) is 50.7 Å². The fourth-order valence-corrected chi connectivity index (χ4v) is 9.04. The molecule has 482 valence electrons. The van der Waals surface area contributed by atoms with Crippen LogP contribution in [0.3, 0.4) is 0 Å². The maximum Gasteiger partial charge on any atom is 0.325 e. The van der Waals surface area contributed by atoms with Gasteiger partial charge < -0.3 is 35.6 Å². The quantitative estimate of drug-likeness (QED) is 0.0267. The van der Waals surface area contributed by atoms with Gasteiger partial charge in [-0.2, -0.15) is 0 Å². The average molecular weight is 1270 g/mol. The first-order valence-electron chi connectivity index (χ1n) is 28.7. The van der Waals surface area contributed by atoms with Gasteiger partial charge in [0.25, 0.3) is 17.7 Å². The number of ether oxygens (including phenoxy) is 2. The van der Waals surface area contributed by atoms with Crippen molar-refractivity contribution in [3.63, 3.8) is 0 Å². The molecule has 0 aliphatic carbocycles. The van der Waals surface area contributed by atoms with Gasteiger partial charge in [0.15, 0.2) is 5.78 Å². The Kier molecular flexibility index (Phi) is 33.7. The lowest BCUT2D eigenvalue weighted by Gasteiger charge is -2.34. The zero-order valence-electron chi connectivity index (χ0n) is 51.4. The lowest BCUT2D eigenvalue weighted by molar-refractivity contribution is -0.158. The third-order valence-electron chi connectivity index (χ3n) is 13.6. The number of hydrogen-bond donors (Lipinski definition) is 8. The van der Waals surface area contributed by atoms with Crippen LogP contribution in [0.15, 0.2) is 24.8 Å². The number of hydrazine groups is 3. The number of carboxylic acid groups (broad SMARTS) is 2. The zero-order chi connectivity index (χ0) is 65.3. The Morgan fingerprint density at radius 3 is 1.27 bits per heavy atom. The van der Waals surface area contributed by atoms with Crippen LogP contribution in [0.1, 0.15) is 154 Å². The van der Waals surface area contributed by atoms with Crippen LogP contribution in [0, 0.1) is 35.5 Å². The second-order valence-corrected chi connectivity index (χ2v) is 25.8. The topological polar surface area (TPSA) is 346 Å². The van der Waals surface area contributed by atoms with Crippen molar-refractivity contribution < 1.29 is 77.2 Å². The number of hydrogen-bond acceptors (Lipinski definition) is 17. The number of carboxylic acids is 2. The van der Waals surface area contributed by atoms with Gasteiger partial charge in [0.2, 0.25) is 21.5 Å². The molecule has 3 fully saturated rings. The van der Waals surface area contributed by atoms with Crippen molar-refractivity contribution in [1.29, 1.82) is 0 Å². The molecule has 28 heteroatoms. The first kappa shape index (κ1) is 77.3. The van der Waals surface area contributed by atoms with Gasteiger partial charge in [-0.25, -0.2) is 16.3 Å². The predicted molar refractivity (Wildman–Crippen MR) is 317 cm³/mol. The second kappa shape index (κ2) is 37.1. The number of Topliss-reactive ketones (excluding diaryl/α,β-unsaturated/α-hetero) is 1. The van der Waals surface area contributed by atoms with Crippen molar-refractivity contribution in [3.05, 3.63) is 24.8 Å². The number of nitrogens with zero attached hydrogens (tertiary/aromatic N) is 3. The molecular formula is C57H92Cl3N9O16. The van der Waals surface area contributed by atoms with Gasteiger partial charge in [-0.3, -0.25) is 72.6 Å². The summed E-state index contributed by atoms with van der Waals surface area (Å²) >= 11 is 16.8. The van der Waals surface area contributed by atoms with E-state index >= 15 is 0 Å². The minimum Gasteiger partial charge on any atom is -0.480 e. The summed E-state index contributed by atoms with van der Waals surface area (Å²) < 4.78 is 8.57. The van der Waals surface area contributed by atoms with Gasteiger partial charge in [-0.1, -0.05) is 88.5 Å². The van der Waals surface area contributed by atoms with Crippen molar-refractivity contribution in [2.24, 2.45) is 35.5 Å². The molecule has 25 nitrogen and oxygen atoms in total. The highest BCUT2D eigenvalue weighted by Gasteiger charge is 2.37. The maximum atomic E-state index is 12.9. The highest BCUT2D eigenvalue weighted by molar-refractivity contribution is 6.67. The molecule has 0 radical (unpaired) electrons. The molecule has 3 heterocycles. The number of amides is 6. The molecule has 3 aliphatic rings. The zero-order valence-corrected chi connectivity index (χ0v) is 53.6. The number of carbonyl (C=O) groups is 12. The number of rotatable bonds is 25. The fraction of sp³-hybridized carbons (Fsp3) is 0.719. The van der Waals surface area contributed by atoms with E-state index in [1.54, 1.807) is 47.6 Å². The van der Waals surface area contributed by atoms with Crippen LogP contribution in [-0.2, 0) is 67.0 Å². The molecule has 3 saturated heterocycles. The minimum absolute atomic E-state index is 0.0592. The first-order valence-corrected chi connectivity index (χ1v) is 29.8. The number of esters is 2. The van der Waals surface area contributed by atoms with Crippen LogP contribution < -0.4 is 32.2 Å². The maximum absolute atomic E-state index is 12.9. The highest BCUT2D eigenvalue weighted by Crippen LogP contribution is 2.27. The number of nitrogens with one attached hydrogen (secondary N) is 6. The van der Waals surface area contributed by atoms with E-state index in [0.29, 0.717) is 58.2 Å². The Hall–Kier alpha value is -5.73. The molecule has 0 aromatic rings. The SMILES string of the molecule is C/C=C/C(=O)C[C@H](C(=O)N[C@@H](C)C(=O)N1CCC[C@@H](C(=O)O)N1)C(C)C.C=CCC(=O)C[C@H](C(=O)N[C@@H](C)C(=O)N1CCC[C@@H](C(=O)O)N1)C(C)C.CC(C)[C@H](CC(=O)OC(C)(C)C)C(=O)N[C@@H](C)C(=O)N1CCC[C@@H](C(=O)OCC(Cl)(Cl)Cl)N1. The van der Waals surface area contributed by atoms with Crippen molar-refractivity contribution in [2.75, 3.05) is 26.2 Å². The number of aliphatic carboxylic acids is 2. The molecule has 9 atom stereocenters. The van der Waals surface area contributed by atoms with Crippen molar-refractivity contribution in [3.8, 4) is 0 Å². The third kappa shape index (κ3) is 29.0. The number of carbonyl (C=O) groups excluding carboxylic acids is 10. The Morgan fingerprint density at radius 2 is 0.941 bits per heavy atom. The number of ketones is 2. The molecule has 0 aromatic heterocycles. The molecule has 0 saturated carbocycles. The van der Waals surface area contributed by atoms with Gasteiger partial charge in [0.1, 0.15) is 54.2 Å². The lowest BCUT2D eigenvalue weighted by atomic mass is 9.89. The lowest BCUT2D eigenvalue weighted by Crippen LogP contribution is -2.60. The number of alkyl halides is 3. The summed E-state index contributed by atoms with van der Waals surface area (Å²) in [6.45, 7) is 26.9. The van der Waals surface area contributed by atoms with E-state index in [4.69, 9.17) is 54.5 Å². The van der Waals surface area contributed by atoms with Crippen LogP contribution in [0.5, 0.6) is 0 Å². The average Bonchev–Trinajstić information content (AvgIpc) is 3.64. The molecular weight excluding hydrogens is 1170 g/mol. The molecule has 3 rings (SSSR count). The van der Waals surface area contributed by atoms with E-state index < -0.39 is 118 Å². The van der Waals surface area contributed by atoms with Gasteiger partial charge in [0.05, 0.1) is 12.3 Å². The summed E-state index contributed by atoms with van der Waals surface area (Å²) in [5.74, 6) is -7.71. The monoisotopic (exact) mass is 1260 g/mol. The van der Waals surface area contributed by atoms with E-state index in [2.05, 4.69) is 38.8 Å². The molecule has 0 spiro atoms.